The molecule has 0 aromatic heterocycles. The maximum atomic E-state index is 11.0. The molecule has 0 radical (unpaired) electrons. The van der Waals surface area contributed by atoms with Crippen LogP contribution in [-0.2, 0) is 9.84 Å². The molecule has 0 saturated carbocycles. The molecule has 1 aliphatic rings. The number of rotatable bonds is 4. The van der Waals surface area contributed by atoms with Crippen LogP contribution in [0.5, 0.6) is 0 Å². The molecule has 1 rings (SSSR count). The quantitative estimate of drug-likeness (QED) is 0.570. The van der Waals surface area contributed by atoms with Crippen molar-refractivity contribution in [2.75, 3.05) is 24.7 Å². The van der Waals surface area contributed by atoms with Gasteiger partial charge in [0.05, 0.1) is 11.5 Å². The normalized spacial score (nSPS) is 27.6. The molecule has 1 fully saturated rings. The largest absolute Gasteiger partial charge is 0.396 e. The number of aliphatic hydroxyl groups is 1. The molecule has 0 bridgehead atoms. The Balaban J connectivity index is 2.20. The fourth-order valence-corrected chi connectivity index (χ4v) is 3.05. The smallest absolute Gasteiger partial charge is 0.151 e. The van der Waals surface area contributed by atoms with Gasteiger partial charge in [0.1, 0.15) is 0 Å². The van der Waals surface area contributed by atoms with Crippen LogP contribution in [0.2, 0.25) is 0 Å². The minimum atomic E-state index is -2.76. The third-order valence-corrected chi connectivity index (χ3v) is 3.77. The summed E-state index contributed by atoms with van der Waals surface area (Å²) in [6, 6.07) is 0.113. The van der Waals surface area contributed by atoms with E-state index >= 15 is 0 Å². The lowest BCUT2D eigenvalue weighted by Crippen LogP contribution is -2.31. The van der Waals surface area contributed by atoms with Crippen molar-refractivity contribution in [3.05, 3.63) is 0 Å². The summed E-state index contributed by atoms with van der Waals surface area (Å²) in [7, 11) is -2.76. The Bertz CT molecular complexity index is 225. The molecule has 0 spiro atoms. The summed E-state index contributed by atoms with van der Waals surface area (Å²) in [5.74, 6) is 0.572. The molecule has 72 valence electrons. The van der Waals surface area contributed by atoms with Crippen LogP contribution in [0.3, 0.4) is 0 Å². The van der Waals surface area contributed by atoms with Gasteiger partial charge in [-0.05, 0) is 19.4 Å². The lowest BCUT2D eigenvalue weighted by molar-refractivity contribution is 0.284. The monoisotopic (exact) mass is 193 g/mol. The molecular formula is C7H15NO3S. The molecule has 0 aromatic carbocycles. The van der Waals surface area contributed by atoms with Gasteiger partial charge in [-0.1, -0.05) is 0 Å². The number of sulfone groups is 1. The Morgan fingerprint density at radius 1 is 1.50 bits per heavy atom. The Hall–Kier alpha value is -0.130. The zero-order chi connectivity index (χ0) is 9.03. The number of nitrogens with one attached hydrogen (secondary N) is 1. The topological polar surface area (TPSA) is 66.4 Å². The minimum absolute atomic E-state index is 0.113. The predicted octanol–water partition coefficient (Wildman–Crippen LogP) is -0.854. The molecule has 0 aliphatic carbocycles. The fourth-order valence-electron chi connectivity index (χ4n) is 1.34. The van der Waals surface area contributed by atoms with Crippen molar-refractivity contribution in [2.24, 2.45) is 0 Å². The molecule has 5 heteroatoms. The summed E-state index contributed by atoms with van der Waals surface area (Å²) >= 11 is 0. The average molecular weight is 193 g/mol. The van der Waals surface area contributed by atoms with Gasteiger partial charge < -0.3 is 10.4 Å². The summed E-state index contributed by atoms with van der Waals surface area (Å²) in [6.07, 6.45) is 1.41. The van der Waals surface area contributed by atoms with Crippen LogP contribution >= 0.6 is 0 Å². The second-order valence-electron chi connectivity index (χ2n) is 3.13. The van der Waals surface area contributed by atoms with Crippen molar-refractivity contribution in [2.45, 2.75) is 18.9 Å². The van der Waals surface area contributed by atoms with Crippen LogP contribution < -0.4 is 5.32 Å². The molecule has 2 N–H and O–H groups in total. The van der Waals surface area contributed by atoms with Crippen molar-refractivity contribution in [1.82, 2.24) is 5.32 Å². The van der Waals surface area contributed by atoms with Crippen LogP contribution in [0.25, 0.3) is 0 Å². The molecule has 1 aliphatic heterocycles. The van der Waals surface area contributed by atoms with Gasteiger partial charge in [-0.15, -0.1) is 0 Å². The summed E-state index contributed by atoms with van der Waals surface area (Å²) in [5, 5.41) is 11.6. The summed E-state index contributed by atoms with van der Waals surface area (Å²) in [5.41, 5.74) is 0. The van der Waals surface area contributed by atoms with Gasteiger partial charge in [0, 0.05) is 12.6 Å². The van der Waals surface area contributed by atoms with Crippen LogP contribution in [0, 0.1) is 0 Å². The zero-order valence-corrected chi connectivity index (χ0v) is 7.81. The lowest BCUT2D eigenvalue weighted by atomic mass is 10.2. The van der Waals surface area contributed by atoms with Gasteiger partial charge in [0.15, 0.2) is 9.84 Å². The maximum Gasteiger partial charge on any atom is 0.151 e. The van der Waals surface area contributed by atoms with E-state index in [9.17, 15) is 8.42 Å². The Labute approximate surface area is 72.9 Å². The molecule has 4 nitrogen and oxygen atoms in total. The van der Waals surface area contributed by atoms with E-state index in [-0.39, 0.29) is 18.4 Å². The van der Waals surface area contributed by atoms with Gasteiger partial charge in [-0.3, -0.25) is 0 Å². The third-order valence-electron chi connectivity index (χ3n) is 2.00. The molecule has 1 atom stereocenters. The number of hydrogen-bond acceptors (Lipinski definition) is 4. The van der Waals surface area contributed by atoms with E-state index in [1.54, 1.807) is 0 Å². The molecule has 0 unspecified atom stereocenters. The van der Waals surface area contributed by atoms with E-state index in [2.05, 4.69) is 5.32 Å². The van der Waals surface area contributed by atoms with E-state index in [1.807, 2.05) is 0 Å². The molecule has 12 heavy (non-hydrogen) atoms. The van der Waals surface area contributed by atoms with Gasteiger partial charge in [-0.25, -0.2) is 8.42 Å². The third kappa shape index (κ3) is 3.08. The first kappa shape index (κ1) is 9.95. The zero-order valence-electron chi connectivity index (χ0n) is 6.99. The van der Waals surface area contributed by atoms with E-state index in [1.165, 1.54) is 0 Å². The Kier molecular flexibility index (Phi) is 3.49. The molecule has 1 heterocycles. The van der Waals surface area contributed by atoms with Crippen molar-refractivity contribution in [1.29, 1.82) is 0 Å². The molecule has 1 saturated heterocycles. The van der Waals surface area contributed by atoms with Crippen molar-refractivity contribution >= 4 is 9.84 Å². The molecule has 0 aromatic rings. The van der Waals surface area contributed by atoms with Gasteiger partial charge in [-0.2, -0.15) is 0 Å². The van der Waals surface area contributed by atoms with E-state index in [0.29, 0.717) is 25.1 Å². The van der Waals surface area contributed by atoms with E-state index in [0.717, 1.165) is 0 Å². The number of hydrogen-bond donors (Lipinski definition) is 2. The van der Waals surface area contributed by atoms with E-state index < -0.39 is 9.84 Å². The highest BCUT2D eigenvalue weighted by Crippen LogP contribution is 2.10. The molecular weight excluding hydrogens is 178 g/mol. The van der Waals surface area contributed by atoms with Crippen molar-refractivity contribution in [3.8, 4) is 0 Å². The summed E-state index contributed by atoms with van der Waals surface area (Å²) in [6.45, 7) is 0.864. The second kappa shape index (κ2) is 4.20. The Morgan fingerprint density at radius 2 is 2.25 bits per heavy atom. The Morgan fingerprint density at radius 3 is 2.75 bits per heavy atom. The highest BCUT2D eigenvalue weighted by Gasteiger charge is 2.26. The maximum absolute atomic E-state index is 11.0. The fraction of sp³-hybridized carbons (Fsp3) is 1.00. The highest BCUT2D eigenvalue weighted by molar-refractivity contribution is 7.91. The first-order valence-electron chi connectivity index (χ1n) is 4.19. The predicted molar refractivity (Wildman–Crippen MR) is 46.8 cm³/mol. The van der Waals surface area contributed by atoms with Crippen molar-refractivity contribution < 1.29 is 13.5 Å². The average Bonchev–Trinajstić information content (AvgIpc) is 2.31. The van der Waals surface area contributed by atoms with Gasteiger partial charge in [0.2, 0.25) is 0 Å². The standard InChI is InChI=1S/C7H15NO3S/c9-4-1-3-8-7-2-5-12(10,11)6-7/h7-9H,1-6H2/t7-/m1/s1. The van der Waals surface area contributed by atoms with Gasteiger partial charge in [0.25, 0.3) is 0 Å². The van der Waals surface area contributed by atoms with Crippen LogP contribution in [0.4, 0.5) is 0 Å². The van der Waals surface area contributed by atoms with Crippen molar-refractivity contribution in [3.63, 3.8) is 0 Å². The minimum Gasteiger partial charge on any atom is -0.396 e. The van der Waals surface area contributed by atoms with Crippen LogP contribution in [-0.4, -0.2) is 44.2 Å². The lowest BCUT2D eigenvalue weighted by Gasteiger charge is -2.08. The number of aliphatic hydroxyl groups excluding tert-OH is 1. The highest BCUT2D eigenvalue weighted by atomic mass is 32.2. The summed E-state index contributed by atoms with van der Waals surface area (Å²) in [4.78, 5) is 0. The van der Waals surface area contributed by atoms with Gasteiger partial charge >= 0.3 is 0 Å². The SMILES string of the molecule is O=S1(=O)CC[C@@H](NCCCO)C1. The van der Waals surface area contributed by atoms with E-state index in [4.69, 9.17) is 5.11 Å². The first-order chi connectivity index (χ1) is 5.64. The second-order valence-corrected chi connectivity index (χ2v) is 5.36. The molecule has 0 amide bonds. The first-order valence-corrected chi connectivity index (χ1v) is 6.01. The van der Waals surface area contributed by atoms with Crippen LogP contribution in [0.1, 0.15) is 12.8 Å². The van der Waals surface area contributed by atoms with Crippen LogP contribution in [0.15, 0.2) is 0 Å². The summed E-state index contributed by atoms with van der Waals surface area (Å²) < 4.78 is 22.0.